The monoisotopic (exact) mass is 423 g/mol. The highest BCUT2D eigenvalue weighted by molar-refractivity contribution is 5.48. The zero-order chi connectivity index (χ0) is 21.6. The standard InChI is InChI=1S/C21H17F4NO4/c1-10(22)16-9-12(21(23,24)25)3-7-17(16)29-13-4-6-14-11(8-13)2-5-15(14)18-19(27)26-20(28)30-18/h3-4,6-10,15,27H,2,5H2,1H3,(H,26,28)/t10-,15-/m1/s1. The lowest BCUT2D eigenvalue weighted by Gasteiger charge is -2.16. The Morgan fingerprint density at radius 2 is 2.00 bits per heavy atom. The summed E-state index contributed by atoms with van der Waals surface area (Å²) in [4.78, 5) is 13.5. The number of benzene rings is 2. The van der Waals surface area contributed by atoms with Crippen molar-refractivity contribution in [2.45, 2.75) is 38.0 Å². The highest BCUT2D eigenvalue weighted by atomic mass is 19.4. The van der Waals surface area contributed by atoms with Gasteiger partial charge in [0.1, 0.15) is 17.7 Å². The van der Waals surface area contributed by atoms with Crippen LogP contribution in [0.3, 0.4) is 0 Å². The number of hydrogen-bond acceptors (Lipinski definition) is 4. The molecule has 0 amide bonds. The van der Waals surface area contributed by atoms with Crippen molar-refractivity contribution in [3.63, 3.8) is 0 Å². The van der Waals surface area contributed by atoms with Crippen molar-refractivity contribution in [1.82, 2.24) is 4.98 Å². The summed E-state index contributed by atoms with van der Waals surface area (Å²) in [6.07, 6.45) is -5.02. The van der Waals surface area contributed by atoms with E-state index in [0.29, 0.717) is 18.6 Å². The fourth-order valence-electron chi connectivity index (χ4n) is 3.75. The molecule has 2 atom stereocenters. The molecule has 1 aromatic heterocycles. The first kappa shape index (κ1) is 20.1. The van der Waals surface area contributed by atoms with Crippen LogP contribution in [0.2, 0.25) is 0 Å². The van der Waals surface area contributed by atoms with Gasteiger partial charge >= 0.3 is 11.9 Å². The van der Waals surface area contributed by atoms with Crippen LogP contribution in [0.15, 0.2) is 45.6 Å². The second-order valence-electron chi connectivity index (χ2n) is 7.15. The normalized spacial score (nSPS) is 17.0. The van der Waals surface area contributed by atoms with Crippen LogP contribution in [-0.2, 0) is 12.6 Å². The Morgan fingerprint density at radius 1 is 1.23 bits per heavy atom. The van der Waals surface area contributed by atoms with Gasteiger partial charge in [-0.3, -0.25) is 4.98 Å². The molecule has 1 aliphatic rings. The van der Waals surface area contributed by atoms with Crippen molar-refractivity contribution in [2.24, 2.45) is 0 Å². The molecule has 30 heavy (non-hydrogen) atoms. The lowest BCUT2D eigenvalue weighted by Crippen LogP contribution is -2.06. The van der Waals surface area contributed by atoms with Crippen LogP contribution in [0.4, 0.5) is 17.6 Å². The Labute approximate surface area is 167 Å². The summed E-state index contributed by atoms with van der Waals surface area (Å²) in [6.45, 7) is 1.15. The SMILES string of the molecule is C[C@@H](F)c1cc(C(F)(F)F)ccc1Oc1ccc2c(c1)CC[C@H]2c1oc(=O)[nH]c1O. The molecule has 2 aromatic carbocycles. The molecule has 1 heterocycles. The predicted octanol–water partition coefficient (Wildman–Crippen LogP) is 5.59. The van der Waals surface area contributed by atoms with Gasteiger partial charge in [-0.15, -0.1) is 0 Å². The Hall–Kier alpha value is -3.23. The van der Waals surface area contributed by atoms with Gasteiger partial charge in [-0.1, -0.05) is 6.07 Å². The van der Waals surface area contributed by atoms with Crippen molar-refractivity contribution in [3.8, 4) is 17.4 Å². The number of aromatic nitrogens is 1. The van der Waals surface area contributed by atoms with Gasteiger partial charge in [-0.05, 0) is 61.2 Å². The maximum atomic E-state index is 14.0. The average molecular weight is 423 g/mol. The molecule has 0 aliphatic heterocycles. The van der Waals surface area contributed by atoms with Crippen LogP contribution >= 0.6 is 0 Å². The first-order valence-electron chi connectivity index (χ1n) is 9.21. The van der Waals surface area contributed by atoms with Crippen LogP contribution in [0.1, 0.15) is 53.4 Å². The van der Waals surface area contributed by atoms with Gasteiger partial charge in [-0.2, -0.15) is 13.2 Å². The van der Waals surface area contributed by atoms with E-state index in [0.717, 1.165) is 36.2 Å². The highest BCUT2D eigenvalue weighted by Gasteiger charge is 2.32. The summed E-state index contributed by atoms with van der Waals surface area (Å²) in [5.74, 6) is -0.864. The Kier molecular flexibility index (Phi) is 4.83. The lowest BCUT2D eigenvalue weighted by molar-refractivity contribution is -0.137. The molecule has 158 valence electrons. The van der Waals surface area contributed by atoms with Crippen LogP contribution in [-0.4, -0.2) is 10.1 Å². The Bertz CT molecular complexity index is 1150. The molecule has 9 heteroatoms. The van der Waals surface area contributed by atoms with E-state index >= 15 is 0 Å². The van der Waals surface area contributed by atoms with Crippen molar-refractivity contribution >= 4 is 0 Å². The van der Waals surface area contributed by atoms with E-state index in [9.17, 15) is 27.5 Å². The third kappa shape index (κ3) is 3.67. The van der Waals surface area contributed by atoms with E-state index in [-0.39, 0.29) is 28.9 Å². The van der Waals surface area contributed by atoms with Crippen molar-refractivity contribution < 1.29 is 31.8 Å². The quantitative estimate of drug-likeness (QED) is 0.536. The topological polar surface area (TPSA) is 75.5 Å². The minimum Gasteiger partial charge on any atom is -0.492 e. The zero-order valence-corrected chi connectivity index (χ0v) is 15.7. The first-order chi connectivity index (χ1) is 14.1. The molecule has 0 saturated carbocycles. The summed E-state index contributed by atoms with van der Waals surface area (Å²) in [5, 5.41) is 9.84. The summed E-state index contributed by atoms with van der Waals surface area (Å²) < 4.78 is 63.5. The molecule has 0 radical (unpaired) electrons. The number of ether oxygens (including phenoxy) is 1. The van der Waals surface area contributed by atoms with Crippen LogP contribution in [0, 0.1) is 0 Å². The molecule has 0 saturated heterocycles. The van der Waals surface area contributed by atoms with E-state index < -0.39 is 23.7 Å². The molecule has 0 spiro atoms. The number of oxazole rings is 1. The average Bonchev–Trinajstić information content (AvgIpc) is 3.22. The molecule has 0 unspecified atom stereocenters. The van der Waals surface area contributed by atoms with E-state index in [2.05, 4.69) is 4.98 Å². The van der Waals surface area contributed by atoms with E-state index in [1.807, 2.05) is 0 Å². The smallest absolute Gasteiger partial charge is 0.419 e. The number of aromatic amines is 1. The molecule has 3 aromatic rings. The number of H-pyrrole nitrogens is 1. The second kappa shape index (κ2) is 7.23. The lowest BCUT2D eigenvalue weighted by atomic mass is 9.99. The minimum atomic E-state index is -4.58. The van der Waals surface area contributed by atoms with Gasteiger partial charge in [0.05, 0.1) is 5.56 Å². The number of halogens is 4. The summed E-state index contributed by atoms with van der Waals surface area (Å²) in [7, 11) is 0. The maximum Gasteiger partial charge on any atom is 0.419 e. The number of fused-ring (bicyclic) bond motifs is 1. The van der Waals surface area contributed by atoms with E-state index in [1.165, 1.54) is 0 Å². The summed E-state index contributed by atoms with van der Waals surface area (Å²) in [6, 6.07) is 7.75. The van der Waals surface area contributed by atoms with Gasteiger partial charge in [0.2, 0.25) is 5.88 Å². The first-order valence-corrected chi connectivity index (χ1v) is 9.21. The third-order valence-corrected chi connectivity index (χ3v) is 5.16. The van der Waals surface area contributed by atoms with Gasteiger partial charge in [0.25, 0.3) is 0 Å². The number of alkyl halides is 4. The van der Waals surface area contributed by atoms with E-state index in [4.69, 9.17) is 9.15 Å². The number of rotatable bonds is 4. The molecular formula is C21H17F4NO4. The van der Waals surface area contributed by atoms with Gasteiger partial charge in [0.15, 0.2) is 5.76 Å². The van der Waals surface area contributed by atoms with Gasteiger partial charge < -0.3 is 14.3 Å². The Balaban J connectivity index is 1.63. The molecule has 4 rings (SSSR count). The van der Waals surface area contributed by atoms with Crippen LogP contribution in [0.5, 0.6) is 17.4 Å². The van der Waals surface area contributed by atoms with Crippen LogP contribution in [0.25, 0.3) is 0 Å². The molecule has 2 N–H and O–H groups in total. The predicted molar refractivity (Wildman–Crippen MR) is 98.6 cm³/mol. The molecule has 1 aliphatic carbocycles. The van der Waals surface area contributed by atoms with Gasteiger partial charge in [0, 0.05) is 11.5 Å². The fraction of sp³-hybridized carbons (Fsp3) is 0.286. The Morgan fingerprint density at radius 3 is 2.63 bits per heavy atom. The number of nitrogens with one attached hydrogen (secondary N) is 1. The number of aryl methyl sites for hydroxylation is 1. The zero-order valence-electron chi connectivity index (χ0n) is 15.7. The maximum absolute atomic E-state index is 14.0. The summed E-state index contributed by atoms with van der Waals surface area (Å²) in [5.41, 5.74) is 0.579. The fourth-order valence-corrected chi connectivity index (χ4v) is 3.75. The number of aromatic hydroxyl groups is 1. The highest BCUT2D eigenvalue weighted by Crippen LogP contribution is 2.43. The second-order valence-corrected chi connectivity index (χ2v) is 7.15. The van der Waals surface area contributed by atoms with Crippen molar-refractivity contribution in [1.29, 1.82) is 0 Å². The molecule has 0 fully saturated rings. The largest absolute Gasteiger partial charge is 0.492 e. The minimum absolute atomic E-state index is 0.00164. The van der Waals surface area contributed by atoms with Crippen molar-refractivity contribution in [3.05, 3.63) is 75.0 Å². The molecule has 5 nitrogen and oxygen atoms in total. The summed E-state index contributed by atoms with van der Waals surface area (Å²) >= 11 is 0. The van der Waals surface area contributed by atoms with Crippen molar-refractivity contribution in [2.75, 3.05) is 0 Å². The van der Waals surface area contributed by atoms with Crippen LogP contribution < -0.4 is 10.5 Å². The van der Waals surface area contributed by atoms with Gasteiger partial charge in [-0.25, -0.2) is 9.18 Å². The molecular weight excluding hydrogens is 406 g/mol. The number of hydrogen-bond donors (Lipinski definition) is 2. The third-order valence-electron chi connectivity index (χ3n) is 5.16. The molecule has 0 bridgehead atoms. The van der Waals surface area contributed by atoms with E-state index in [1.54, 1.807) is 18.2 Å².